The van der Waals surface area contributed by atoms with Crippen LogP contribution in [0.1, 0.15) is 76.7 Å². The number of amides is 2. The lowest BCUT2D eigenvalue weighted by Gasteiger charge is -2.35. The quantitative estimate of drug-likeness (QED) is 0.349. The van der Waals surface area contributed by atoms with E-state index in [0.29, 0.717) is 23.7 Å². The molecular formula is C31H43N5O8. The van der Waals surface area contributed by atoms with E-state index in [1.54, 1.807) is 38.7 Å². The molecule has 1 aliphatic heterocycles. The molecule has 1 unspecified atom stereocenters. The van der Waals surface area contributed by atoms with Crippen molar-refractivity contribution in [1.82, 2.24) is 25.2 Å². The minimum absolute atomic E-state index is 0.0118. The summed E-state index contributed by atoms with van der Waals surface area (Å²) >= 11 is 0. The van der Waals surface area contributed by atoms with Crippen molar-refractivity contribution in [1.29, 1.82) is 0 Å². The molecule has 2 atom stereocenters. The maximum Gasteiger partial charge on any atom is 0.527 e. The van der Waals surface area contributed by atoms with Crippen LogP contribution in [0.4, 0.5) is 4.79 Å². The second-order valence-electron chi connectivity index (χ2n) is 11.1. The number of esters is 1. The van der Waals surface area contributed by atoms with Crippen LogP contribution in [0.5, 0.6) is 0 Å². The number of aromatic nitrogens is 2. The smallest absolute Gasteiger partial charge is 0.460 e. The molecule has 0 aliphatic carbocycles. The Hall–Kier alpha value is -4.10. The highest BCUT2D eigenvalue weighted by Gasteiger charge is 2.32. The van der Waals surface area contributed by atoms with E-state index in [2.05, 4.69) is 15.3 Å². The number of nitrogens with one attached hydrogen (secondary N) is 1. The van der Waals surface area contributed by atoms with Crippen LogP contribution in [0.25, 0.3) is 11.4 Å². The van der Waals surface area contributed by atoms with E-state index in [0.717, 1.165) is 0 Å². The van der Waals surface area contributed by atoms with Crippen LogP contribution in [0, 0.1) is 0 Å². The van der Waals surface area contributed by atoms with E-state index in [1.807, 2.05) is 44.2 Å². The van der Waals surface area contributed by atoms with Gasteiger partial charge in [0.2, 0.25) is 5.91 Å². The van der Waals surface area contributed by atoms with Gasteiger partial charge in [0.25, 0.3) is 5.91 Å². The largest absolute Gasteiger partial charge is 0.527 e. The maximum absolute atomic E-state index is 13.7. The van der Waals surface area contributed by atoms with Crippen LogP contribution in [0.3, 0.4) is 0 Å². The molecule has 0 radical (unpaired) electrons. The summed E-state index contributed by atoms with van der Waals surface area (Å²) in [6, 6.07) is 9.74. The van der Waals surface area contributed by atoms with Crippen LogP contribution in [-0.2, 0) is 28.6 Å². The van der Waals surface area contributed by atoms with Crippen molar-refractivity contribution < 1.29 is 38.2 Å². The minimum atomic E-state index is -1.05. The van der Waals surface area contributed by atoms with Crippen LogP contribution in [0.15, 0.2) is 36.4 Å². The topological polar surface area (TPSA) is 149 Å². The lowest BCUT2D eigenvalue weighted by atomic mass is 10.1. The Balaban J connectivity index is 1.82. The fourth-order valence-corrected chi connectivity index (χ4v) is 4.46. The molecule has 0 bridgehead atoms. The molecule has 1 N–H and O–H groups in total. The number of ether oxygens (including phenoxy) is 3. The third-order valence-electron chi connectivity index (χ3n) is 6.52. The average Bonchev–Trinajstić information content (AvgIpc) is 2.98. The summed E-state index contributed by atoms with van der Waals surface area (Å²) in [5, 5.41) is 4.22. The molecular weight excluding hydrogens is 570 g/mol. The first-order chi connectivity index (χ1) is 20.9. The van der Waals surface area contributed by atoms with Gasteiger partial charge in [-0.2, -0.15) is 0 Å². The lowest BCUT2D eigenvalue weighted by molar-refractivity contribution is -0.158. The SMILES string of the molecule is CCOC(=O)ON1CCN(C(=O)C(CCC(=O)OC(C)(C)C)NC(=O)c2cc([C@H](C)OCC)nc(-c3ccccc3)n2)CC1. The lowest BCUT2D eigenvalue weighted by Crippen LogP contribution is -2.55. The highest BCUT2D eigenvalue weighted by atomic mass is 16.8. The van der Waals surface area contributed by atoms with Gasteiger partial charge in [0, 0.05) is 31.7 Å². The van der Waals surface area contributed by atoms with Crippen molar-refractivity contribution in [3.63, 3.8) is 0 Å². The second kappa shape index (κ2) is 16.1. The van der Waals surface area contributed by atoms with Gasteiger partial charge in [0.05, 0.1) is 31.5 Å². The molecule has 13 nitrogen and oxygen atoms in total. The van der Waals surface area contributed by atoms with Gasteiger partial charge in [-0.25, -0.2) is 14.8 Å². The molecule has 0 spiro atoms. The van der Waals surface area contributed by atoms with Crippen molar-refractivity contribution in [2.75, 3.05) is 39.4 Å². The van der Waals surface area contributed by atoms with E-state index in [1.165, 1.54) is 5.06 Å². The molecule has 240 valence electrons. The molecule has 2 heterocycles. The standard InChI is InChI=1S/C31H43N5O8/c1-7-41-21(3)24-20-25(33-27(32-24)22-12-10-9-11-13-22)28(38)34-23(14-15-26(37)43-31(4,5)6)29(39)35-16-18-36(19-17-35)44-30(40)42-8-2/h9-13,20-21,23H,7-8,14-19H2,1-6H3,(H,34,38)/t21-,23?/m0/s1. The number of carbonyl (C=O) groups is 4. The Morgan fingerprint density at radius 1 is 0.977 bits per heavy atom. The van der Waals surface area contributed by atoms with Gasteiger partial charge in [0.15, 0.2) is 5.82 Å². The van der Waals surface area contributed by atoms with E-state index in [9.17, 15) is 19.2 Å². The van der Waals surface area contributed by atoms with Crippen LogP contribution in [-0.4, -0.2) is 94.9 Å². The van der Waals surface area contributed by atoms with Crippen molar-refractivity contribution >= 4 is 23.9 Å². The molecule has 13 heteroatoms. The van der Waals surface area contributed by atoms with E-state index in [-0.39, 0.29) is 57.2 Å². The highest BCUT2D eigenvalue weighted by molar-refractivity contribution is 5.96. The third-order valence-corrected chi connectivity index (χ3v) is 6.52. The van der Waals surface area contributed by atoms with Crippen LogP contribution in [0.2, 0.25) is 0 Å². The van der Waals surface area contributed by atoms with Crippen molar-refractivity contribution in [3.8, 4) is 11.4 Å². The maximum atomic E-state index is 13.7. The number of hydrogen-bond acceptors (Lipinski definition) is 11. The van der Waals surface area contributed by atoms with Gasteiger partial charge < -0.3 is 29.3 Å². The first-order valence-corrected chi connectivity index (χ1v) is 14.9. The third kappa shape index (κ3) is 10.6. The fraction of sp³-hybridized carbons (Fsp3) is 0.548. The Morgan fingerprint density at radius 3 is 2.27 bits per heavy atom. The molecule has 1 saturated heterocycles. The van der Waals surface area contributed by atoms with Crippen molar-refractivity contribution in [2.45, 2.75) is 72.1 Å². The number of carbonyl (C=O) groups excluding carboxylic acids is 4. The summed E-state index contributed by atoms with van der Waals surface area (Å²) < 4.78 is 16.0. The number of hydroxylamine groups is 2. The molecule has 3 rings (SSSR count). The van der Waals surface area contributed by atoms with Gasteiger partial charge in [-0.15, -0.1) is 5.06 Å². The number of rotatable bonds is 12. The van der Waals surface area contributed by atoms with Crippen molar-refractivity contribution in [3.05, 3.63) is 47.8 Å². The number of hydrogen-bond donors (Lipinski definition) is 1. The zero-order valence-corrected chi connectivity index (χ0v) is 26.3. The highest BCUT2D eigenvalue weighted by Crippen LogP contribution is 2.21. The van der Waals surface area contributed by atoms with Gasteiger partial charge in [-0.3, -0.25) is 14.4 Å². The molecule has 2 aromatic rings. The van der Waals surface area contributed by atoms with Gasteiger partial charge >= 0.3 is 12.1 Å². The summed E-state index contributed by atoms with van der Waals surface area (Å²) in [4.78, 5) is 67.4. The minimum Gasteiger partial charge on any atom is -0.460 e. The molecule has 44 heavy (non-hydrogen) atoms. The summed E-state index contributed by atoms with van der Waals surface area (Å²) in [7, 11) is 0. The predicted molar refractivity (Wildman–Crippen MR) is 160 cm³/mol. The Morgan fingerprint density at radius 2 is 1.66 bits per heavy atom. The van der Waals surface area contributed by atoms with Crippen molar-refractivity contribution in [2.24, 2.45) is 0 Å². The normalized spacial score (nSPS) is 15.2. The molecule has 2 amide bonds. The van der Waals surface area contributed by atoms with E-state index in [4.69, 9.17) is 19.0 Å². The van der Waals surface area contributed by atoms with Gasteiger partial charge in [0.1, 0.15) is 17.3 Å². The average molecular weight is 614 g/mol. The predicted octanol–water partition coefficient (Wildman–Crippen LogP) is 3.69. The second-order valence-corrected chi connectivity index (χ2v) is 11.1. The first kappa shape index (κ1) is 34.4. The zero-order chi connectivity index (χ0) is 32.3. The Kier molecular flexibility index (Phi) is 12.6. The molecule has 1 aliphatic rings. The van der Waals surface area contributed by atoms with Crippen LogP contribution >= 0.6 is 0 Å². The monoisotopic (exact) mass is 613 g/mol. The molecule has 1 aromatic carbocycles. The van der Waals surface area contributed by atoms with Gasteiger partial charge in [-0.1, -0.05) is 30.3 Å². The zero-order valence-electron chi connectivity index (χ0n) is 26.3. The van der Waals surface area contributed by atoms with Crippen LogP contribution < -0.4 is 5.32 Å². The summed E-state index contributed by atoms with van der Waals surface area (Å²) in [5.41, 5.74) is 0.591. The number of nitrogens with zero attached hydrogens (tertiary/aromatic N) is 4. The fourth-order valence-electron chi connectivity index (χ4n) is 4.46. The molecule has 1 aromatic heterocycles. The summed E-state index contributed by atoms with van der Waals surface area (Å²) in [6.45, 7) is 12.3. The first-order valence-electron chi connectivity index (χ1n) is 14.9. The van der Waals surface area contributed by atoms with E-state index >= 15 is 0 Å². The Bertz CT molecular complexity index is 1280. The summed E-state index contributed by atoms with van der Waals surface area (Å²) in [6.07, 6.45) is -1.30. The van der Waals surface area contributed by atoms with E-state index < -0.39 is 35.8 Å². The number of benzene rings is 1. The summed E-state index contributed by atoms with van der Waals surface area (Å²) in [5.74, 6) is -1.12. The molecule has 1 fully saturated rings. The molecule has 0 saturated carbocycles. The number of piperazine rings is 1. The van der Waals surface area contributed by atoms with Gasteiger partial charge in [-0.05, 0) is 54.0 Å². The Labute approximate surface area is 258 Å².